The number of aliphatic carboxylic acids is 1. The maximum Gasteiger partial charge on any atom is 0.416 e. The van der Waals surface area contributed by atoms with Gasteiger partial charge in [0.25, 0.3) is 0 Å². The van der Waals surface area contributed by atoms with Crippen molar-refractivity contribution in [3.8, 4) is 17.6 Å². The highest BCUT2D eigenvalue weighted by Gasteiger charge is 2.37. The highest BCUT2D eigenvalue weighted by molar-refractivity contribution is 5.75. The van der Waals surface area contributed by atoms with Crippen molar-refractivity contribution >= 4 is 5.97 Å². The molecule has 1 atom stereocenters. The van der Waals surface area contributed by atoms with E-state index in [1.54, 1.807) is 30.3 Å². The number of alkyl halides is 3. The molecule has 0 aliphatic rings. The number of hydrogen-bond acceptors (Lipinski definition) is 3. The van der Waals surface area contributed by atoms with E-state index in [0.29, 0.717) is 24.2 Å². The van der Waals surface area contributed by atoms with Gasteiger partial charge in [-0.2, -0.15) is 13.2 Å². The molecule has 2 rings (SSSR count). The minimum absolute atomic E-state index is 0.0946. The van der Waals surface area contributed by atoms with E-state index in [0.717, 1.165) is 12.1 Å². The molecule has 0 heterocycles. The van der Waals surface area contributed by atoms with Gasteiger partial charge in [0, 0.05) is 18.9 Å². The van der Waals surface area contributed by atoms with E-state index in [-0.39, 0.29) is 6.61 Å². The van der Waals surface area contributed by atoms with Crippen molar-refractivity contribution in [1.82, 2.24) is 0 Å². The number of hydrogen-bond donors (Lipinski definition) is 1. The summed E-state index contributed by atoms with van der Waals surface area (Å²) in [6.07, 6.45) is -3.54. The van der Waals surface area contributed by atoms with Crippen LogP contribution in [0.5, 0.6) is 5.75 Å². The van der Waals surface area contributed by atoms with Gasteiger partial charge < -0.3 is 14.6 Å². The van der Waals surface area contributed by atoms with Gasteiger partial charge in [-0.1, -0.05) is 30.0 Å². The van der Waals surface area contributed by atoms with Gasteiger partial charge in [-0.15, -0.1) is 0 Å². The predicted octanol–water partition coefficient (Wildman–Crippen LogP) is 4.73. The SMILES string of the molecule is CC(OCCCC#Cc1ccc(C(F)(F)F)cc1)(Oc1ccccc1)C(=O)O. The summed E-state index contributed by atoms with van der Waals surface area (Å²) in [4.78, 5) is 11.5. The molecule has 0 spiro atoms. The largest absolute Gasteiger partial charge is 0.476 e. The van der Waals surface area contributed by atoms with E-state index in [1.807, 2.05) is 0 Å². The lowest BCUT2D eigenvalue weighted by molar-refractivity contribution is -0.205. The molecule has 0 saturated carbocycles. The molecule has 7 heteroatoms. The third-order valence-electron chi connectivity index (χ3n) is 3.71. The van der Waals surface area contributed by atoms with Gasteiger partial charge in [0.15, 0.2) is 0 Å². The summed E-state index contributed by atoms with van der Waals surface area (Å²) in [5.41, 5.74) is -0.255. The summed E-state index contributed by atoms with van der Waals surface area (Å²) in [7, 11) is 0. The lowest BCUT2D eigenvalue weighted by Crippen LogP contribution is -2.44. The molecule has 0 bridgehead atoms. The van der Waals surface area contributed by atoms with Gasteiger partial charge in [0.1, 0.15) is 5.75 Å². The molecular weight excluding hydrogens is 373 g/mol. The Labute approximate surface area is 160 Å². The van der Waals surface area contributed by atoms with Crippen LogP contribution in [0.2, 0.25) is 0 Å². The van der Waals surface area contributed by atoms with Crippen LogP contribution in [0.1, 0.15) is 30.9 Å². The summed E-state index contributed by atoms with van der Waals surface area (Å²) >= 11 is 0. The van der Waals surface area contributed by atoms with Gasteiger partial charge in [0.2, 0.25) is 0 Å². The normalized spacial score (nSPS) is 13.1. The second-order valence-electron chi connectivity index (χ2n) is 5.99. The van der Waals surface area contributed by atoms with Crippen molar-refractivity contribution in [3.05, 3.63) is 65.7 Å². The topological polar surface area (TPSA) is 55.8 Å². The van der Waals surface area contributed by atoms with Crippen LogP contribution in [-0.4, -0.2) is 23.5 Å². The Balaban J connectivity index is 1.83. The number of carbonyl (C=O) groups is 1. The van der Waals surface area contributed by atoms with E-state index in [9.17, 15) is 23.1 Å². The van der Waals surface area contributed by atoms with Crippen molar-refractivity contribution in [2.45, 2.75) is 31.7 Å². The summed E-state index contributed by atoms with van der Waals surface area (Å²) in [5.74, 6) is 2.87. The molecule has 28 heavy (non-hydrogen) atoms. The number of benzene rings is 2. The van der Waals surface area contributed by atoms with E-state index < -0.39 is 23.5 Å². The van der Waals surface area contributed by atoms with E-state index in [1.165, 1.54) is 19.1 Å². The van der Waals surface area contributed by atoms with Crippen molar-refractivity contribution in [3.63, 3.8) is 0 Å². The van der Waals surface area contributed by atoms with Gasteiger partial charge in [-0.3, -0.25) is 0 Å². The lowest BCUT2D eigenvalue weighted by atomic mass is 10.1. The molecule has 0 radical (unpaired) electrons. The van der Waals surface area contributed by atoms with Gasteiger partial charge in [-0.25, -0.2) is 4.79 Å². The summed E-state index contributed by atoms with van der Waals surface area (Å²) in [5, 5.41) is 9.37. The zero-order valence-electron chi connectivity index (χ0n) is 15.1. The fraction of sp³-hybridized carbons (Fsp3) is 0.286. The van der Waals surface area contributed by atoms with E-state index in [4.69, 9.17) is 9.47 Å². The number of carboxylic acids is 1. The molecule has 0 amide bonds. The summed E-state index contributed by atoms with van der Waals surface area (Å²) in [6, 6.07) is 13.0. The van der Waals surface area contributed by atoms with Gasteiger partial charge in [0.05, 0.1) is 12.2 Å². The molecular formula is C21H19F3O4. The summed E-state index contributed by atoms with van der Waals surface area (Å²) in [6.45, 7) is 1.41. The number of carboxylic acid groups (broad SMARTS) is 1. The molecule has 2 aromatic carbocycles. The Morgan fingerprint density at radius 1 is 1.07 bits per heavy atom. The zero-order chi connectivity index (χ0) is 20.6. The van der Waals surface area contributed by atoms with Crippen LogP contribution in [0.3, 0.4) is 0 Å². The smallest absolute Gasteiger partial charge is 0.416 e. The molecule has 0 aromatic heterocycles. The first-order valence-electron chi connectivity index (χ1n) is 8.48. The van der Waals surface area contributed by atoms with Crippen LogP contribution in [-0.2, 0) is 15.7 Å². The maximum atomic E-state index is 12.5. The van der Waals surface area contributed by atoms with Crippen LogP contribution in [0.4, 0.5) is 13.2 Å². The van der Waals surface area contributed by atoms with Crippen LogP contribution < -0.4 is 4.74 Å². The van der Waals surface area contributed by atoms with Crippen molar-refractivity contribution in [2.75, 3.05) is 6.61 Å². The summed E-state index contributed by atoms with van der Waals surface area (Å²) < 4.78 is 48.3. The Kier molecular flexibility index (Phi) is 7.07. The average molecular weight is 392 g/mol. The fourth-order valence-electron chi connectivity index (χ4n) is 2.18. The number of para-hydroxylation sites is 1. The number of ether oxygens (including phenoxy) is 2. The molecule has 0 aliphatic carbocycles. The minimum atomic E-state index is -4.37. The molecule has 0 saturated heterocycles. The first-order valence-corrected chi connectivity index (χ1v) is 8.48. The molecule has 1 unspecified atom stereocenters. The first kappa shape index (κ1) is 21.3. The van der Waals surface area contributed by atoms with Gasteiger partial charge >= 0.3 is 17.9 Å². The van der Waals surface area contributed by atoms with Gasteiger partial charge in [-0.05, 0) is 42.8 Å². The van der Waals surface area contributed by atoms with Crippen LogP contribution in [0.15, 0.2) is 54.6 Å². The quantitative estimate of drug-likeness (QED) is 0.420. The number of halogens is 3. The van der Waals surface area contributed by atoms with Crippen molar-refractivity contribution < 1.29 is 32.5 Å². The monoisotopic (exact) mass is 392 g/mol. The Morgan fingerprint density at radius 3 is 2.29 bits per heavy atom. The van der Waals surface area contributed by atoms with Crippen LogP contribution in [0.25, 0.3) is 0 Å². The first-order chi connectivity index (χ1) is 13.2. The lowest BCUT2D eigenvalue weighted by Gasteiger charge is -2.26. The molecule has 0 fully saturated rings. The minimum Gasteiger partial charge on any atom is -0.476 e. The second kappa shape index (κ2) is 9.29. The molecule has 4 nitrogen and oxygen atoms in total. The Hall–Kier alpha value is -2.98. The molecule has 2 aromatic rings. The van der Waals surface area contributed by atoms with E-state index >= 15 is 0 Å². The van der Waals surface area contributed by atoms with Crippen molar-refractivity contribution in [1.29, 1.82) is 0 Å². The highest BCUT2D eigenvalue weighted by Crippen LogP contribution is 2.29. The Morgan fingerprint density at radius 2 is 1.71 bits per heavy atom. The second-order valence-corrected chi connectivity index (χ2v) is 5.99. The standard InChI is InChI=1S/C21H19F3O4/c1-20(19(25)26,28-18-9-5-2-6-10-18)27-15-7-3-4-8-16-11-13-17(14-12-16)21(22,23)24/h2,5-6,9-14H,3,7,15H2,1H3,(H,25,26). The predicted molar refractivity (Wildman–Crippen MR) is 96.6 cm³/mol. The van der Waals surface area contributed by atoms with Crippen LogP contribution >= 0.6 is 0 Å². The number of unbranched alkanes of at least 4 members (excludes halogenated alkanes) is 1. The van der Waals surface area contributed by atoms with Crippen molar-refractivity contribution in [2.24, 2.45) is 0 Å². The molecule has 0 aliphatic heterocycles. The Bertz CT molecular complexity index is 836. The van der Waals surface area contributed by atoms with E-state index in [2.05, 4.69) is 11.8 Å². The highest BCUT2D eigenvalue weighted by atomic mass is 19.4. The molecule has 1 N–H and O–H groups in total. The zero-order valence-corrected chi connectivity index (χ0v) is 15.1. The molecule has 148 valence electrons. The third-order valence-corrected chi connectivity index (χ3v) is 3.71. The fourth-order valence-corrected chi connectivity index (χ4v) is 2.18. The van der Waals surface area contributed by atoms with Crippen LogP contribution in [0, 0.1) is 11.8 Å². The number of rotatable bonds is 7. The maximum absolute atomic E-state index is 12.5. The third kappa shape index (κ3) is 6.32. The average Bonchev–Trinajstić information content (AvgIpc) is 2.65.